The van der Waals surface area contributed by atoms with Gasteiger partial charge in [-0.1, -0.05) is 36.7 Å². The molecule has 3 rings (SSSR count). The Morgan fingerprint density at radius 1 is 1.13 bits per heavy atom. The van der Waals surface area contributed by atoms with E-state index in [4.69, 9.17) is 14.2 Å². The van der Waals surface area contributed by atoms with Gasteiger partial charge in [0.15, 0.2) is 11.5 Å². The third-order valence-electron chi connectivity index (χ3n) is 4.42. The number of fused-ring (bicyclic) bond motifs is 1. The lowest BCUT2D eigenvalue weighted by Crippen LogP contribution is -2.20. The van der Waals surface area contributed by atoms with Crippen molar-refractivity contribution in [3.8, 4) is 17.2 Å². The Hall–Kier alpha value is -2.87. The summed E-state index contributed by atoms with van der Waals surface area (Å²) in [6, 6.07) is 8.96. The molecular formula is C23H26BrN3O4. The maximum Gasteiger partial charge on any atom is 0.282 e. The standard InChI is InChI=1S/C23H26BrN3O4/c1-14-26-18-8-7-16(24)11-17(18)22(28)27(14)25-12-15-9-19(29-5)21(20(10-15)30-6)31-13-23(2,3)4/h7-12H,13H2,1-6H3. The largest absolute Gasteiger partial charge is 0.493 e. The molecule has 0 aliphatic rings. The lowest BCUT2D eigenvalue weighted by molar-refractivity contribution is 0.184. The van der Waals surface area contributed by atoms with Crippen LogP contribution in [0.15, 0.2) is 44.7 Å². The van der Waals surface area contributed by atoms with Crippen molar-refractivity contribution in [3.63, 3.8) is 0 Å². The van der Waals surface area contributed by atoms with Crippen LogP contribution in [0.2, 0.25) is 0 Å². The number of ether oxygens (including phenoxy) is 3. The number of benzene rings is 2. The van der Waals surface area contributed by atoms with E-state index in [0.29, 0.717) is 46.1 Å². The van der Waals surface area contributed by atoms with E-state index in [-0.39, 0.29) is 11.0 Å². The van der Waals surface area contributed by atoms with Crippen LogP contribution in [0.25, 0.3) is 10.9 Å². The van der Waals surface area contributed by atoms with Gasteiger partial charge < -0.3 is 14.2 Å². The summed E-state index contributed by atoms with van der Waals surface area (Å²) in [5.74, 6) is 2.06. The average molecular weight is 488 g/mol. The van der Waals surface area contributed by atoms with Crippen molar-refractivity contribution in [1.29, 1.82) is 0 Å². The highest BCUT2D eigenvalue weighted by Gasteiger charge is 2.18. The van der Waals surface area contributed by atoms with Gasteiger partial charge >= 0.3 is 0 Å². The molecule has 0 spiro atoms. The molecule has 0 radical (unpaired) electrons. The third kappa shape index (κ3) is 5.25. The van der Waals surface area contributed by atoms with Crippen LogP contribution in [0.1, 0.15) is 32.2 Å². The van der Waals surface area contributed by atoms with E-state index in [2.05, 4.69) is 46.8 Å². The second-order valence-electron chi connectivity index (χ2n) is 8.29. The summed E-state index contributed by atoms with van der Waals surface area (Å²) < 4.78 is 19.1. The molecule has 1 aromatic heterocycles. The molecule has 2 aromatic carbocycles. The quantitative estimate of drug-likeness (QED) is 0.467. The number of rotatable bonds is 6. The lowest BCUT2D eigenvalue weighted by Gasteiger charge is -2.21. The van der Waals surface area contributed by atoms with Gasteiger partial charge in [-0.2, -0.15) is 9.78 Å². The van der Waals surface area contributed by atoms with Gasteiger partial charge in [-0.05, 0) is 42.7 Å². The van der Waals surface area contributed by atoms with Crippen LogP contribution < -0.4 is 19.8 Å². The average Bonchev–Trinajstić information content (AvgIpc) is 2.71. The smallest absolute Gasteiger partial charge is 0.282 e. The molecule has 0 fully saturated rings. The predicted octanol–water partition coefficient (Wildman–Crippen LogP) is 4.79. The molecule has 0 amide bonds. The Morgan fingerprint density at radius 3 is 2.35 bits per heavy atom. The van der Waals surface area contributed by atoms with E-state index < -0.39 is 0 Å². The summed E-state index contributed by atoms with van der Waals surface area (Å²) in [5.41, 5.74) is 1.05. The van der Waals surface area contributed by atoms with Crippen LogP contribution in [0.3, 0.4) is 0 Å². The zero-order valence-corrected chi connectivity index (χ0v) is 20.1. The van der Waals surface area contributed by atoms with Crippen molar-refractivity contribution in [2.75, 3.05) is 20.8 Å². The highest BCUT2D eigenvalue weighted by atomic mass is 79.9. The molecule has 1 heterocycles. The van der Waals surface area contributed by atoms with Crippen molar-refractivity contribution in [1.82, 2.24) is 9.66 Å². The molecule has 0 aliphatic heterocycles. The van der Waals surface area contributed by atoms with Gasteiger partial charge in [0.2, 0.25) is 5.75 Å². The fourth-order valence-electron chi connectivity index (χ4n) is 2.93. The first-order valence-electron chi connectivity index (χ1n) is 9.75. The minimum atomic E-state index is -0.246. The first-order chi connectivity index (χ1) is 14.6. The zero-order valence-electron chi connectivity index (χ0n) is 18.5. The molecular weight excluding hydrogens is 462 g/mol. The molecule has 7 nitrogen and oxygen atoms in total. The SMILES string of the molecule is COc1cc(C=Nn2c(C)nc3ccc(Br)cc3c2=O)cc(OC)c1OCC(C)(C)C. The fourth-order valence-corrected chi connectivity index (χ4v) is 3.29. The Kier molecular flexibility index (Phi) is 6.69. The van der Waals surface area contributed by atoms with Crippen molar-refractivity contribution in [2.24, 2.45) is 10.5 Å². The molecule has 0 aliphatic carbocycles. The Morgan fingerprint density at radius 2 is 1.77 bits per heavy atom. The van der Waals surface area contributed by atoms with Crippen molar-refractivity contribution < 1.29 is 14.2 Å². The Balaban J connectivity index is 2.02. The number of hydrogen-bond donors (Lipinski definition) is 0. The van der Waals surface area contributed by atoms with Crippen molar-refractivity contribution in [3.05, 3.63) is 56.5 Å². The molecule has 0 unspecified atom stereocenters. The minimum absolute atomic E-state index is 0.0209. The number of hydrogen-bond acceptors (Lipinski definition) is 6. The fraction of sp³-hybridized carbons (Fsp3) is 0.348. The Bertz CT molecular complexity index is 1170. The summed E-state index contributed by atoms with van der Waals surface area (Å²) in [7, 11) is 3.14. The van der Waals surface area contributed by atoms with Gasteiger partial charge in [0.05, 0.1) is 37.9 Å². The van der Waals surface area contributed by atoms with E-state index >= 15 is 0 Å². The highest BCUT2D eigenvalue weighted by Crippen LogP contribution is 2.39. The van der Waals surface area contributed by atoms with Crippen molar-refractivity contribution in [2.45, 2.75) is 27.7 Å². The summed E-state index contributed by atoms with van der Waals surface area (Å²) in [6.45, 7) is 8.50. The summed E-state index contributed by atoms with van der Waals surface area (Å²) in [6.07, 6.45) is 1.57. The third-order valence-corrected chi connectivity index (χ3v) is 4.92. The first-order valence-corrected chi connectivity index (χ1v) is 10.5. The number of methoxy groups -OCH3 is 2. The van der Waals surface area contributed by atoms with E-state index in [1.807, 2.05) is 6.07 Å². The maximum atomic E-state index is 12.9. The van der Waals surface area contributed by atoms with Crippen LogP contribution in [-0.2, 0) is 0 Å². The maximum absolute atomic E-state index is 12.9. The van der Waals surface area contributed by atoms with Gasteiger partial charge in [-0.25, -0.2) is 4.98 Å². The van der Waals surface area contributed by atoms with E-state index in [1.54, 1.807) is 51.6 Å². The predicted molar refractivity (Wildman–Crippen MR) is 126 cm³/mol. The number of halogens is 1. The summed E-state index contributed by atoms with van der Waals surface area (Å²) in [5, 5.41) is 4.85. The number of nitrogens with zero attached hydrogens (tertiary/aromatic N) is 3. The monoisotopic (exact) mass is 487 g/mol. The molecule has 164 valence electrons. The van der Waals surface area contributed by atoms with Gasteiger partial charge in [-0.3, -0.25) is 4.79 Å². The highest BCUT2D eigenvalue weighted by molar-refractivity contribution is 9.10. The molecule has 31 heavy (non-hydrogen) atoms. The van der Waals surface area contributed by atoms with Gasteiger partial charge in [-0.15, -0.1) is 0 Å². The van der Waals surface area contributed by atoms with Crippen LogP contribution in [0, 0.1) is 12.3 Å². The van der Waals surface area contributed by atoms with Crippen LogP contribution >= 0.6 is 15.9 Å². The molecule has 0 saturated carbocycles. The van der Waals surface area contributed by atoms with E-state index in [0.717, 1.165) is 4.47 Å². The molecule has 0 atom stereocenters. The molecule has 0 N–H and O–H groups in total. The van der Waals surface area contributed by atoms with E-state index in [9.17, 15) is 4.79 Å². The topological polar surface area (TPSA) is 74.9 Å². The van der Waals surface area contributed by atoms with Crippen LogP contribution in [-0.4, -0.2) is 36.7 Å². The second kappa shape index (κ2) is 9.09. The van der Waals surface area contributed by atoms with Crippen molar-refractivity contribution >= 4 is 33.0 Å². The molecule has 0 saturated heterocycles. The molecule has 0 bridgehead atoms. The number of aryl methyl sites for hydroxylation is 1. The zero-order chi connectivity index (χ0) is 22.8. The lowest BCUT2D eigenvalue weighted by atomic mass is 9.99. The van der Waals surface area contributed by atoms with Gasteiger partial charge in [0, 0.05) is 10.0 Å². The Labute approximate surface area is 189 Å². The van der Waals surface area contributed by atoms with Gasteiger partial charge in [0.1, 0.15) is 5.82 Å². The molecule has 3 aromatic rings. The molecule has 8 heteroatoms. The van der Waals surface area contributed by atoms with Crippen LogP contribution in [0.5, 0.6) is 17.2 Å². The second-order valence-corrected chi connectivity index (χ2v) is 9.20. The minimum Gasteiger partial charge on any atom is -0.493 e. The first kappa shape index (κ1) is 22.8. The summed E-state index contributed by atoms with van der Waals surface area (Å²) >= 11 is 3.39. The normalized spacial score (nSPS) is 11.8. The number of aromatic nitrogens is 2. The summed E-state index contributed by atoms with van der Waals surface area (Å²) in [4.78, 5) is 17.4. The van der Waals surface area contributed by atoms with E-state index in [1.165, 1.54) is 4.68 Å². The van der Waals surface area contributed by atoms with Gasteiger partial charge in [0.25, 0.3) is 5.56 Å². The van der Waals surface area contributed by atoms with Crippen LogP contribution in [0.4, 0.5) is 0 Å².